The molecule has 8 heteroatoms. The lowest BCUT2D eigenvalue weighted by atomic mass is 10.0. The molecule has 3 heterocycles. The van der Waals surface area contributed by atoms with Crippen molar-refractivity contribution in [1.29, 1.82) is 0 Å². The fourth-order valence-electron chi connectivity index (χ4n) is 3.59. The Hall–Kier alpha value is -2.90. The van der Waals surface area contributed by atoms with Crippen molar-refractivity contribution < 1.29 is 23.8 Å². The Morgan fingerprint density at radius 1 is 1.44 bits per heavy atom. The van der Waals surface area contributed by atoms with Crippen molar-refractivity contribution in [2.24, 2.45) is 0 Å². The van der Waals surface area contributed by atoms with Gasteiger partial charge in [0.1, 0.15) is 13.3 Å². The fraction of sp³-hybridized carbons (Fsp3) is 0.421. The van der Waals surface area contributed by atoms with Crippen LogP contribution in [0.2, 0.25) is 0 Å². The number of allylic oxidation sites excluding steroid dienone is 2. The Kier molecular flexibility index (Phi) is 5.16. The number of amides is 1. The number of aromatic carboxylic acids is 1. The number of likely N-dealkylation sites (N-methyl/N-ethyl adjacent to an activating group) is 1. The molecule has 1 amide bonds. The van der Waals surface area contributed by atoms with Crippen LogP contribution in [0.1, 0.15) is 40.3 Å². The van der Waals surface area contributed by atoms with Crippen LogP contribution in [0.25, 0.3) is 0 Å². The molecule has 2 aliphatic heterocycles. The lowest BCUT2D eigenvalue weighted by Gasteiger charge is -2.34. The zero-order valence-electron chi connectivity index (χ0n) is 15.5. The number of carbonyl (C=O) groups is 2. The summed E-state index contributed by atoms with van der Waals surface area (Å²) in [4.78, 5) is 31.6. The van der Waals surface area contributed by atoms with Gasteiger partial charge < -0.3 is 19.6 Å². The van der Waals surface area contributed by atoms with Crippen molar-refractivity contribution >= 4 is 11.9 Å². The van der Waals surface area contributed by atoms with Gasteiger partial charge in [0, 0.05) is 43.0 Å². The van der Waals surface area contributed by atoms with Crippen LogP contribution in [0.3, 0.4) is 0 Å². The van der Waals surface area contributed by atoms with E-state index in [-0.39, 0.29) is 30.8 Å². The molecule has 1 N–H and O–H groups in total. The van der Waals surface area contributed by atoms with Crippen LogP contribution >= 0.6 is 0 Å². The summed E-state index contributed by atoms with van der Waals surface area (Å²) >= 11 is 0. The summed E-state index contributed by atoms with van der Waals surface area (Å²) in [5, 5.41) is 9.32. The van der Waals surface area contributed by atoms with E-state index in [0.29, 0.717) is 23.6 Å². The summed E-state index contributed by atoms with van der Waals surface area (Å²) in [6, 6.07) is 1.33. The number of rotatable bonds is 6. The Labute approximate surface area is 156 Å². The molecule has 0 fully saturated rings. The van der Waals surface area contributed by atoms with Gasteiger partial charge in [-0.3, -0.25) is 4.79 Å². The molecule has 1 aromatic rings. The average molecular weight is 375 g/mol. The SMILES string of the molecule is CC1=C(OCCF)N(C)CC(C(C)N2Cc3c(ccnc3C(=O)O)C2=O)=C1. The third-order valence-electron chi connectivity index (χ3n) is 4.90. The third-order valence-corrected chi connectivity index (χ3v) is 4.90. The van der Waals surface area contributed by atoms with Crippen molar-refractivity contribution in [3.63, 3.8) is 0 Å². The first kappa shape index (κ1) is 18.9. The molecular weight excluding hydrogens is 353 g/mol. The number of carboxylic acid groups (broad SMARTS) is 1. The van der Waals surface area contributed by atoms with E-state index in [1.54, 1.807) is 11.0 Å². The molecule has 27 heavy (non-hydrogen) atoms. The molecule has 1 aromatic heterocycles. The summed E-state index contributed by atoms with van der Waals surface area (Å²) in [5.41, 5.74) is 2.61. The number of fused-ring (bicyclic) bond motifs is 1. The maximum absolute atomic E-state index is 12.8. The molecule has 0 saturated heterocycles. The second-order valence-electron chi connectivity index (χ2n) is 6.70. The number of aromatic nitrogens is 1. The normalized spacial score (nSPS) is 17.8. The molecule has 0 bridgehead atoms. The number of ether oxygens (including phenoxy) is 1. The van der Waals surface area contributed by atoms with Crippen LogP contribution in [0.4, 0.5) is 4.39 Å². The van der Waals surface area contributed by atoms with E-state index in [2.05, 4.69) is 4.98 Å². The number of hydrogen-bond donors (Lipinski definition) is 1. The molecule has 3 rings (SSSR count). The summed E-state index contributed by atoms with van der Waals surface area (Å²) in [6.07, 6.45) is 3.30. The van der Waals surface area contributed by atoms with Crippen molar-refractivity contribution in [2.45, 2.75) is 26.4 Å². The number of carboxylic acids is 1. The lowest BCUT2D eigenvalue weighted by molar-refractivity contribution is 0.0681. The highest BCUT2D eigenvalue weighted by molar-refractivity contribution is 6.02. The molecule has 2 aliphatic rings. The Bertz CT molecular complexity index is 849. The minimum atomic E-state index is -1.14. The first-order valence-corrected chi connectivity index (χ1v) is 8.68. The fourth-order valence-corrected chi connectivity index (χ4v) is 3.59. The second-order valence-corrected chi connectivity index (χ2v) is 6.70. The monoisotopic (exact) mass is 375 g/mol. The molecule has 0 radical (unpaired) electrons. The zero-order chi connectivity index (χ0) is 19.7. The van der Waals surface area contributed by atoms with Gasteiger partial charge in [-0.1, -0.05) is 6.08 Å². The number of alkyl halides is 1. The lowest BCUT2D eigenvalue weighted by Crippen LogP contribution is -2.39. The summed E-state index contributed by atoms with van der Waals surface area (Å²) in [6.45, 7) is 3.98. The van der Waals surface area contributed by atoms with Crippen molar-refractivity contribution in [3.8, 4) is 0 Å². The van der Waals surface area contributed by atoms with Crippen LogP contribution in [-0.2, 0) is 11.3 Å². The molecule has 0 spiro atoms. The van der Waals surface area contributed by atoms with Gasteiger partial charge in [0.05, 0.1) is 6.04 Å². The summed E-state index contributed by atoms with van der Waals surface area (Å²) < 4.78 is 17.9. The highest BCUT2D eigenvalue weighted by atomic mass is 19.1. The first-order valence-electron chi connectivity index (χ1n) is 8.68. The van der Waals surface area contributed by atoms with Gasteiger partial charge in [0.15, 0.2) is 11.6 Å². The smallest absolute Gasteiger partial charge is 0.354 e. The number of nitrogens with zero attached hydrogens (tertiary/aromatic N) is 3. The quantitative estimate of drug-likeness (QED) is 0.821. The average Bonchev–Trinajstić information content (AvgIpc) is 2.97. The van der Waals surface area contributed by atoms with E-state index in [1.165, 1.54) is 6.20 Å². The zero-order valence-corrected chi connectivity index (χ0v) is 15.5. The third kappa shape index (κ3) is 3.39. The molecule has 0 saturated carbocycles. The molecule has 1 atom stereocenters. The number of pyridine rings is 1. The van der Waals surface area contributed by atoms with Crippen LogP contribution < -0.4 is 0 Å². The van der Waals surface area contributed by atoms with Gasteiger partial charge in [-0.25, -0.2) is 14.2 Å². The molecule has 7 nitrogen and oxygen atoms in total. The van der Waals surface area contributed by atoms with Gasteiger partial charge in [0.25, 0.3) is 5.91 Å². The van der Waals surface area contributed by atoms with E-state index >= 15 is 0 Å². The molecule has 144 valence electrons. The van der Waals surface area contributed by atoms with E-state index in [4.69, 9.17) is 4.74 Å². The molecule has 0 aliphatic carbocycles. The molecule has 0 aromatic carbocycles. The Balaban J connectivity index is 1.86. The summed E-state index contributed by atoms with van der Waals surface area (Å²) in [5.74, 6) is -0.719. The van der Waals surface area contributed by atoms with Gasteiger partial charge >= 0.3 is 5.97 Å². The maximum atomic E-state index is 12.8. The van der Waals surface area contributed by atoms with Gasteiger partial charge in [0.2, 0.25) is 0 Å². The minimum absolute atomic E-state index is 0.000621. The largest absolute Gasteiger partial charge is 0.477 e. The highest BCUT2D eigenvalue weighted by Crippen LogP contribution is 2.31. The van der Waals surface area contributed by atoms with Crippen LogP contribution in [0.5, 0.6) is 0 Å². The van der Waals surface area contributed by atoms with E-state index in [0.717, 1.165) is 11.1 Å². The van der Waals surface area contributed by atoms with Crippen molar-refractivity contribution in [1.82, 2.24) is 14.8 Å². The number of carbonyl (C=O) groups excluding carboxylic acids is 1. The van der Waals surface area contributed by atoms with E-state index in [9.17, 15) is 19.1 Å². The standard InChI is InChI=1S/C19H22FN3O4/c1-11-8-13(9-22(3)18(11)27-7-5-20)12(2)23-10-15-14(17(23)24)4-6-21-16(15)19(25)26/h4,6,8,12H,5,7,9-10H2,1-3H3,(H,25,26). The van der Waals surface area contributed by atoms with E-state index < -0.39 is 12.6 Å². The topological polar surface area (TPSA) is 83.0 Å². The predicted octanol–water partition coefficient (Wildman–Crippen LogP) is 2.21. The van der Waals surface area contributed by atoms with Gasteiger partial charge in [-0.2, -0.15) is 0 Å². The minimum Gasteiger partial charge on any atom is -0.477 e. The number of hydrogen-bond acceptors (Lipinski definition) is 5. The van der Waals surface area contributed by atoms with Gasteiger partial charge in [-0.15, -0.1) is 0 Å². The molecular formula is C19H22FN3O4. The Morgan fingerprint density at radius 3 is 2.81 bits per heavy atom. The van der Waals surface area contributed by atoms with Crippen molar-refractivity contribution in [3.05, 3.63) is 52.2 Å². The Morgan fingerprint density at radius 2 is 2.19 bits per heavy atom. The van der Waals surface area contributed by atoms with Gasteiger partial charge in [-0.05, 0) is 25.5 Å². The summed E-state index contributed by atoms with van der Waals surface area (Å²) in [7, 11) is 1.85. The first-order chi connectivity index (χ1) is 12.8. The second kappa shape index (κ2) is 7.38. The van der Waals surface area contributed by atoms with Crippen LogP contribution in [0, 0.1) is 0 Å². The predicted molar refractivity (Wildman–Crippen MR) is 95.9 cm³/mol. The highest BCUT2D eigenvalue weighted by Gasteiger charge is 2.36. The molecule has 1 unspecified atom stereocenters. The van der Waals surface area contributed by atoms with E-state index in [1.807, 2.05) is 31.9 Å². The van der Waals surface area contributed by atoms with Crippen LogP contribution in [-0.4, -0.2) is 64.7 Å². The van der Waals surface area contributed by atoms with Crippen LogP contribution in [0.15, 0.2) is 35.4 Å². The van der Waals surface area contributed by atoms with Crippen molar-refractivity contribution in [2.75, 3.05) is 26.9 Å². The maximum Gasteiger partial charge on any atom is 0.354 e. The number of halogens is 1.